The molecule has 2 atom stereocenters. The van der Waals surface area contributed by atoms with E-state index in [9.17, 15) is 19.5 Å². The summed E-state index contributed by atoms with van der Waals surface area (Å²) in [5, 5.41) is 12.3. The van der Waals surface area contributed by atoms with E-state index in [-0.39, 0.29) is 42.6 Å². The lowest BCUT2D eigenvalue weighted by Crippen LogP contribution is -2.45. The van der Waals surface area contributed by atoms with Gasteiger partial charge in [0.1, 0.15) is 5.69 Å². The molecule has 0 unspecified atom stereocenters. The fourth-order valence-electron chi connectivity index (χ4n) is 3.90. The van der Waals surface area contributed by atoms with E-state index in [4.69, 9.17) is 5.73 Å². The Bertz CT molecular complexity index is 766. The number of carbonyl (C=O) groups excluding carboxylic acids is 2. The van der Waals surface area contributed by atoms with E-state index in [2.05, 4.69) is 15.3 Å². The lowest BCUT2D eigenvalue weighted by atomic mass is 9.94. The van der Waals surface area contributed by atoms with Crippen molar-refractivity contribution in [2.24, 2.45) is 5.92 Å². The molecular formula is C18H25N5O4. The predicted octanol–water partition coefficient (Wildman–Crippen LogP) is 0.379. The van der Waals surface area contributed by atoms with Crippen LogP contribution in [0, 0.1) is 5.92 Å². The molecule has 1 fully saturated rings. The minimum Gasteiger partial charge on any atom is -0.481 e. The predicted molar refractivity (Wildman–Crippen MR) is 97.0 cm³/mol. The Kier molecular flexibility index (Phi) is 5.57. The molecule has 1 aliphatic heterocycles. The second-order valence-electron chi connectivity index (χ2n) is 7.28. The van der Waals surface area contributed by atoms with Crippen LogP contribution in [0.1, 0.15) is 54.4 Å². The van der Waals surface area contributed by atoms with Crippen molar-refractivity contribution < 1.29 is 19.5 Å². The molecule has 1 aliphatic carbocycles. The highest BCUT2D eigenvalue weighted by molar-refractivity contribution is 5.94. The smallest absolute Gasteiger partial charge is 0.308 e. The Morgan fingerprint density at radius 2 is 1.89 bits per heavy atom. The van der Waals surface area contributed by atoms with Crippen molar-refractivity contribution in [3.63, 3.8) is 0 Å². The maximum Gasteiger partial charge on any atom is 0.308 e. The molecule has 9 nitrogen and oxygen atoms in total. The van der Waals surface area contributed by atoms with E-state index in [1.165, 1.54) is 11.8 Å². The van der Waals surface area contributed by atoms with Gasteiger partial charge in [-0.15, -0.1) is 0 Å². The first kappa shape index (κ1) is 19.1. The topological polar surface area (TPSA) is 139 Å². The number of carbonyl (C=O) groups is 3. The zero-order chi connectivity index (χ0) is 19.6. The van der Waals surface area contributed by atoms with Gasteiger partial charge in [0.05, 0.1) is 5.92 Å². The lowest BCUT2D eigenvalue weighted by Gasteiger charge is -2.27. The first-order valence-corrected chi connectivity index (χ1v) is 9.29. The van der Waals surface area contributed by atoms with Crippen molar-refractivity contribution >= 4 is 23.7 Å². The molecule has 0 bridgehead atoms. The number of carboxylic acid groups (broad SMARTS) is 1. The molecule has 3 rings (SSSR count). The first-order chi connectivity index (χ1) is 12.8. The third-order valence-corrected chi connectivity index (χ3v) is 5.19. The summed E-state index contributed by atoms with van der Waals surface area (Å²) in [5.74, 6) is -2.11. The number of hydrogen-bond acceptors (Lipinski definition) is 6. The summed E-state index contributed by atoms with van der Waals surface area (Å²) in [6.07, 6.45) is 4.31. The van der Waals surface area contributed by atoms with Crippen LogP contribution in [0.5, 0.6) is 0 Å². The van der Waals surface area contributed by atoms with Crippen molar-refractivity contribution in [1.82, 2.24) is 20.2 Å². The fraction of sp³-hybridized carbons (Fsp3) is 0.611. The minimum atomic E-state index is -0.944. The number of rotatable bonds is 3. The fourth-order valence-corrected chi connectivity index (χ4v) is 3.90. The minimum absolute atomic E-state index is 0.0574. The summed E-state index contributed by atoms with van der Waals surface area (Å²) in [6.45, 7) is 1.75. The summed E-state index contributed by atoms with van der Waals surface area (Å²) in [6, 6.07) is -0.286. The highest BCUT2D eigenvalue weighted by atomic mass is 16.4. The van der Waals surface area contributed by atoms with Gasteiger partial charge in [0.2, 0.25) is 11.9 Å². The molecule has 2 aliphatic rings. The second-order valence-corrected chi connectivity index (χ2v) is 7.28. The molecule has 2 amide bonds. The van der Waals surface area contributed by atoms with Crippen LogP contribution < -0.4 is 11.1 Å². The van der Waals surface area contributed by atoms with Crippen LogP contribution >= 0.6 is 0 Å². The van der Waals surface area contributed by atoms with Crippen molar-refractivity contribution in [2.45, 2.75) is 51.5 Å². The SMILES string of the molecule is CC(=O)N[C@@H]1CC[C@H](C(=O)O)CN(C(=O)c2nc(N)nc3c2CCCC3)C1. The highest BCUT2D eigenvalue weighted by Gasteiger charge is 2.33. The third kappa shape index (κ3) is 4.35. The summed E-state index contributed by atoms with van der Waals surface area (Å²) in [4.78, 5) is 46.2. The zero-order valence-corrected chi connectivity index (χ0v) is 15.4. The van der Waals surface area contributed by atoms with Gasteiger partial charge in [-0.05, 0) is 38.5 Å². The van der Waals surface area contributed by atoms with E-state index < -0.39 is 11.9 Å². The van der Waals surface area contributed by atoms with Gasteiger partial charge in [-0.25, -0.2) is 9.97 Å². The van der Waals surface area contributed by atoms with Crippen molar-refractivity contribution in [3.8, 4) is 0 Å². The first-order valence-electron chi connectivity index (χ1n) is 9.29. The monoisotopic (exact) mass is 375 g/mol. The summed E-state index contributed by atoms with van der Waals surface area (Å²) >= 11 is 0. The Labute approximate surface area is 157 Å². The number of hydrogen-bond donors (Lipinski definition) is 3. The number of anilines is 1. The van der Waals surface area contributed by atoms with Crippen LogP contribution in [0.15, 0.2) is 0 Å². The molecule has 0 saturated carbocycles. The summed E-state index contributed by atoms with van der Waals surface area (Å²) in [7, 11) is 0. The van der Waals surface area contributed by atoms with E-state index >= 15 is 0 Å². The number of nitrogens with two attached hydrogens (primary N) is 1. The van der Waals surface area contributed by atoms with Crippen molar-refractivity contribution in [1.29, 1.82) is 0 Å². The zero-order valence-electron chi connectivity index (χ0n) is 15.4. The Balaban J connectivity index is 1.92. The summed E-state index contributed by atoms with van der Waals surface area (Å²) in [5.41, 5.74) is 7.69. The van der Waals surface area contributed by atoms with Crippen LogP contribution in [0.4, 0.5) is 5.95 Å². The van der Waals surface area contributed by atoms with Crippen LogP contribution in [-0.4, -0.2) is 56.9 Å². The molecule has 4 N–H and O–H groups in total. The number of aromatic nitrogens is 2. The van der Waals surface area contributed by atoms with Crippen molar-refractivity contribution in [3.05, 3.63) is 17.0 Å². The van der Waals surface area contributed by atoms with Gasteiger partial charge >= 0.3 is 5.97 Å². The standard InChI is InChI=1S/C18H25N5O4/c1-10(24)20-12-7-6-11(17(26)27)8-23(9-12)16(25)15-13-4-2-3-5-14(13)21-18(19)22-15/h11-12H,2-9H2,1H3,(H,20,24)(H,26,27)(H2,19,21,22)/t11-,12+/m0/s1. The van der Waals surface area contributed by atoms with Gasteiger partial charge < -0.3 is 21.1 Å². The molecule has 0 aromatic carbocycles. The average Bonchev–Trinajstić information content (AvgIpc) is 2.82. The van der Waals surface area contributed by atoms with Gasteiger partial charge in [-0.3, -0.25) is 14.4 Å². The normalized spacial score (nSPS) is 22.5. The molecule has 146 valence electrons. The molecule has 1 aromatic rings. The maximum absolute atomic E-state index is 13.3. The van der Waals surface area contributed by atoms with E-state index in [0.717, 1.165) is 30.5 Å². The number of amides is 2. The quantitative estimate of drug-likeness (QED) is 0.694. The number of nitrogens with one attached hydrogen (secondary N) is 1. The highest BCUT2D eigenvalue weighted by Crippen LogP contribution is 2.25. The molecule has 0 radical (unpaired) electrons. The number of fused-ring (bicyclic) bond motifs is 1. The van der Waals surface area contributed by atoms with Crippen LogP contribution in [0.3, 0.4) is 0 Å². The number of aliphatic carboxylic acids is 1. The van der Waals surface area contributed by atoms with Gasteiger partial charge in [-0.2, -0.15) is 0 Å². The maximum atomic E-state index is 13.3. The van der Waals surface area contributed by atoms with E-state index in [0.29, 0.717) is 19.3 Å². The molecule has 2 heterocycles. The Morgan fingerprint density at radius 1 is 1.15 bits per heavy atom. The largest absolute Gasteiger partial charge is 0.481 e. The molecule has 1 aromatic heterocycles. The molecule has 1 saturated heterocycles. The second kappa shape index (κ2) is 7.89. The molecule has 0 spiro atoms. The van der Waals surface area contributed by atoms with Crippen LogP contribution in [-0.2, 0) is 22.4 Å². The number of nitrogens with zero attached hydrogens (tertiary/aromatic N) is 3. The van der Waals surface area contributed by atoms with Crippen molar-refractivity contribution in [2.75, 3.05) is 18.8 Å². The van der Waals surface area contributed by atoms with Gasteiger partial charge in [0.15, 0.2) is 0 Å². The Morgan fingerprint density at radius 3 is 2.59 bits per heavy atom. The van der Waals surface area contributed by atoms with E-state index in [1.807, 2.05) is 0 Å². The van der Waals surface area contributed by atoms with Gasteiger partial charge in [-0.1, -0.05) is 0 Å². The van der Waals surface area contributed by atoms with Crippen LogP contribution in [0.25, 0.3) is 0 Å². The third-order valence-electron chi connectivity index (χ3n) is 5.19. The van der Waals surface area contributed by atoms with Gasteiger partial charge in [0, 0.05) is 37.3 Å². The number of carboxylic acids is 1. The number of nitrogen functional groups attached to an aromatic ring is 1. The molecular weight excluding hydrogens is 350 g/mol. The van der Waals surface area contributed by atoms with Crippen LogP contribution in [0.2, 0.25) is 0 Å². The van der Waals surface area contributed by atoms with E-state index in [1.54, 1.807) is 0 Å². The Hall–Kier alpha value is -2.71. The average molecular weight is 375 g/mol. The number of likely N-dealkylation sites (tertiary alicyclic amines) is 1. The summed E-state index contributed by atoms with van der Waals surface area (Å²) < 4.78 is 0. The molecule has 27 heavy (non-hydrogen) atoms. The van der Waals surface area contributed by atoms with Gasteiger partial charge in [0.25, 0.3) is 5.91 Å². The number of aryl methyl sites for hydroxylation is 1. The lowest BCUT2D eigenvalue weighted by molar-refractivity contribution is -0.142. The molecule has 9 heteroatoms.